The second-order valence-corrected chi connectivity index (χ2v) is 7.32. The van der Waals surface area contributed by atoms with Crippen LogP contribution in [0.4, 0.5) is 0 Å². The fourth-order valence-electron chi connectivity index (χ4n) is 2.87. The van der Waals surface area contributed by atoms with Gasteiger partial charge in [-0.05, 0) is 32.4 Å². The average molecular weight is 342 g/mol. The third kappa shape index (κ3) is 4.71. The van der Waals surface area contributed by atoms with Crippen molar-refractivity contribution in [3.05, 3.63) is 41.6 Å². The van der Waals surface area contributed by atoms with Gasteiger partial charge in [-0.15, -0.1) is 0 Å². The van der Waals surface area contributed by atoms with Crippen LogP contribution < -0.4 is 0 Å². The molecule has 5 nitrogen and oxygen atoms in total. The molecule has 0 unspecified atom stereocenters. The minimum absolute atomic E-state index is 0.297. The molecule has 0 atom stereocenters. The first-order valence-electron chi connectivity index (χ1n) is 8.73. The van der Waals surface area contributed by atoms with Gasteiger partial charge in [-0.2, -0.15) is 0 Å². The van der Waals surface area contributed by atoms with Crippen molar-refractivity contribution in [3.63, 3.8) is 0 Å². The van der Waals surface area contributed by atoms with Crippen LogP contribution in [-0.4, -0.2) is 54.3 Å². The highest BCUT2D eigenvalue weighted by atomic mass is 16.6. The predicted octanol–water partition coefficient (Wildman–Crippen LogP) is 3.47. The number of nitrogens with one attached hydrogen (secondary N) is 1. The number of morpholine rings is 1. The number of fused-ring (bicyclic) bond motifs is 1. The van der Waals surface area contributed by atoms with Crippen LogP contribution in [0.15, 0.2) is 30.5 Å². The van der Waals surface area contributed by atoms with Crippen LogP contribution in [0.25, 0.3) is 17.0 Å². The van der Waals surface area contributed by atoms with Crippen molar-refractivity contribution >= 4 is 22.9 Å². The molecule has 1 saturated heterocycles. The Balaban J connectivity index is 1.69. The lowest BCUT2D eigenvalue weighted by molar-refractivity contribution is 0.00719. The summed E-state index contributed by atoms with van der Waals surface area (Å²) in [5.41, 5.74) is 2.13. The molecule has 25 heavy (non-hydrogen) atoms. The quantitative estimate of drug-likeness (QED) is 0.865. The van der Waals surface area contributed by atoms with E-state index in [2.05, 4.69) is 28.1 Å². The Bertz CT molecular complexity index is 765. The van der Waals surface area contributed by atoms with Crippen LogP contribution in [0.2, 0.25) is 0 Å². The first kappa shape index (κ1) is 17.7. The molecule has 2 aromatic rings. The number of aromatic amines is 1. The van der Waals surface area contributed by atoms with Crippen molar-refractivity contribution < 1.29 is 14.3 Å². The van der Waals surface area contributed by atoms with E-state index in [9.17, 15) is 4.79 Å². The number of rotatable bonds is 4. The Morgan fingerprint density at radius 2 is 2.08 bits per heavy atom. The number of H-pyrrole nitrogens is 1. The molecule has 0 amide bonds. The van der Waals surface area contributed by atoms with E-state index in [1.807, 2.05) is 32.9 Å². The minimum Gasteiger partial charge on any atom is -0.456 e. The lowest BCUT2D eigenvalue weighted by Gasteiger charge is -2.25. The second kappa shape index (κ2) is 7.42. The van der Waals surface area contributed by atoms with Gasteiger partial charge in [-0.25, -0.2) is 4.79 Å². The van der Waals surface area contributed by atoms with Crippen LogP contribution in [0.1, 0.15) is 36.7 Å². The summed E-state index contributed by atoms with van der Waals surface area (Å²) >= 11 is 0. The molecule has 1 aromatic heterocycles. The van der Waals surface area contributed by atoms with Gasteiger partial charge in [0.2, 0.25) is 0 Å². The van der Waals surface area contributed by atoms with Gasteiger partial charge >= 0.3 is 5.97 Å². The van der Waals surface area contributed by atoms with E-state index >= 15 is 0 Å². The predicted molar refractivity (Wildman–Crippen MR) is 99.8 cm³/mol. The molecule has 2 heterocycles. The fourth-order valence-corrected chi connectivity index (χ4v) is 2.87. The third-order valence-electron chi connectivity index (χ3n) is 4.10. The number of carbonyl (C=O) groups excluding carboxylic acids is 1. The zero-order valence-corrected chi connectivity index (χ0v) is 15.2. The second-order valence-electron chi connectivity index (χ2n) is 7.32. The number of benzene rings is 1. The molecular formula is C20H26N2O3. The van der Waals surface area contributed by atoms with Crippen LogP contribution in [0, 0.1) is 0 Å². The Morgan fingerprint density at radius 1 is 1.32 bits per heavy atom. The smallest absolute Gasteiger partial charge is 0.340 e. The maximum absolute atomic E-state index is 12.3. The molecule has 5 heteroatoms. The van der Waals surface area contributed by atoms with Crippen LogP contribution in [0.3, 0.4) is 0 Å². The van der Waals surface area contributed by atoms with Gasteiger partial charge in [-0.3, -0.25) is 4.90 Å². The lowest BCUT2D eigenvalue weighted by atomic mass is 10.1. The highest BCUT2D eigenvalue weighted by Gasteiger charge is 2.20. The number of hydrogen-bond acceptors (Lipinski definition) is 4. The third-order valence-corrected chi connectivity index (χ3v) is 4.10. The molecule has 1 aliphatic rings. The average Bonchev–Trinajstić information content (AvgIpc) is 2.97. The largest absolute Gasteiger partial charge is 0.456 e. The summed E-state index contributed by atoms with van der Waals surface area (Å²) in [5.74, 6) is -0.297. The molecule has 134 valence electrons. The summed E-state index contributed by atoms with van der Waals surface area (Å²) in [6.45, 7) is 10.1. The number of carbonyl (C=O) groups is 1. The van der Waals surface area contributed by atoms with E-state index in [0.29, 0.717) is 5.56 Å². The van der Waals surface area contributed by atoms with Gasteiger partial charge in [0.05, 0.1) is 18.8 Å². The monoisotopic (exact) mass is 342 g/mol. The number of aromatic nitrogens is 1. The first-order valence-corrected chi connectivity index (χ1v) is 8.73. The summed E-state index contributed by atoms with van der Waals surface area (Å²) in [5, 5.41) is 0.888. The SMILES string of the molecule is CC(C)(C)OC(=O)c1c[nH]c2cc(C=CCN3CCOCC3)ccc12. The molecule has 0 spiro atoms. The van der Waals surface area contributed by atoms with Crippen LogP contribution >= 0.6 is 0 Å². The van der Waals surface area contributed by atoms with Gasteiger partial charge in [-0.1, -0.05) is 24.3 Å². The summed E-state index contributed by atoms with van der Waals surface area (Å²) in [4.78, 5) is 17.8. The molecule has 0 radical (unpaired) electrons. The first-order chi connectivity index (χ1) is 11.9. The van der Waals surface area contributed by atoms with Gasteiger partial charge in [0.15, 0.2) is 0 Å². The van der Waals surface area contributed by atoms with Gasteiger partial charge < -0.3 is 14.5 Å². The van der Waals surface area contributed by atoms with E-state index in [1.54, 1.807) is 6.20 Å². The van der Waals surface area contributed by atoms with Crippen molar-refractivity contribution in [3.8, 4) is 0 Å². The number of nitrogens with zero attached hydrogens (tertiary/aromatic N) is 1. The van der Waals surface area contributed by atoms with Crippen molar-refractivity contribution in [2.24, 2.45) is 0 Å². The molecule has 0 bridgehead atoms. The zero-order chi connectivity index (χ0) is 17.9. The highest BCUT2D eigenvalue weighted by Crippen LogP contribution is 2.23. The molecule has 1 aromatic carbocycles. The lowest BCUT2D eigenvalue weighted by Crippen LogP contribution is -2.36. The van der Waals surface area contributed by atoms with Gasteiger partial charge in [0.1, 0.15) is 5.60 Å². The minimum atomic E-state index is -0.497. The molecule has 0 aliphatic carbocycles. The molecule has 3 rings (SSSR count). The van der Waals surface area contributed by atoms with Crippen molar-refractivity contribution in [2.75, 3.05) is 32.8 Å². The molecule has 1 aliphatic heterocycles. The molecule has 1 N–H and O–H groups in total. The number of hydrogen-bond donors (Lipinski definition) is 1. The maximum Gasteiger partial charge on any atom is 0.340 e. The Labute approximate surface area is 148 Å². The van der Waals surface area contributed by atoms with E-state index < -0.39 is 5.60 Å². The number of esters is 1. The molecule has 1 fully saturated rings. The Morgan fingerprint density at radius 3 is 2.80 bits per heavy atom. The van der Waals surface area contributed by atoms with Crippen molar-refractivity contribution in [2.45, 2.75) is 26.4 Å². The standard InChI is InChI=1S/C20H26N2O3/c1-20(2,3)25-19(23)17-14-21-18-13-15(6-7-16(17)18)5-4-8-22-9-11-24-12-10-22/h4-7,13-14,21H,8-12H2,1-3H3. The van der Waals surface area contributed by atoms with E-state index in [1.165, 1.54) is 0 Å². The summed E-state index contributed by atoms with van der Waals surface area (Å²) in [6.07, 6.45) is 6.01. The van der Waals surface area contributed by atoms with Crippen molar-refractivity contribution in [1.29, 1.82) is 0 Å². The summed E-state index contributed by atoms with van der Waals surface area (Å²) in [7, 11) is 0. The topological polar surface area (TPSA) is 54.6 Å². The summed E-state index contributed by atoms with van der Waals surface area (Å²) < 4.78 is 10.8. The van der Waals surface area contributed by atoms with Gasteiger partial charge in [0, 0.05) is 36.7 Å². The van der Waals surface area contributed by atoms with Crippen LogP contribution in [0.5, 0.6) is 0 Å². The van der Waals surface area contributed by atoms with Gasteiger partial charge in [0.25, 0.3) is 0 Å². The zero-order valence-electron chi connectivity index (χ0n) is 15.2. The molecule has 0 saturated carbocycles. The van der Waals surface area contributed by atoms with Crippen LogP contribution in [-0.2, 0) is 9.47 Å². The number of ether oxygens (including phenoxy) is 2. The Kier molecular flexibility index (Phi) is 5.25. The van der Waals surface area contributed by atoms with E-state index in [-0.39, 0.29) is 5.97 Å². The summed E-state index contributed by atoms with van der Waals surface area (Å²) in [6, 6.07) is 6.05. The normalized spacial score (nSPS) is 16.6. The van der Waals surface area contributed by atoms with E-state index in [0.717, 1.165) is 49.3 Å². The maximum atomic E-state index is 12.3. The van der Waals surface area contributed by atoms with Crippen molar-refractivity contribution in [1.82, 2.24) is 9.88 Å². The van der Waals surface area contributed by atoms with E-state index in [4.69, 9.17) is 9.47 Å². The fraction of sp³-hybridized carbons (Fsp3) is 0.450. The Hall–Kier alpha value is -2.11. The highest BCUT2D eigenvalue weighted by molar-refractivity contribution is 6.04. The molecular weight excluding hydrogens is 316 g/mol.